The number of carbonyl (C=O) groups excluding carboxylic acids is 1. The summed E-state index contributed by atoms with van der Waals surface area (Å²) in [4.78, 5) is 36.5. The lowest BCUT2D eigenvalue weighted by Gasteiger charge is -2.10. The van der Waals surface area contributed by atoms with Crippen molar-refractivity contribution in [2.75, 3.05) is 0 Å². The van der Waals surface area contributed by atoms with Crippen LogP contribution in [0, 0.1) is 20.2 Å². The normalized spacial score (nSPS) is 21.2. The van der Waals surface area contributed by atoms with Gasteiger partial charge >= 0.3 is 0 Å². The first-order valence-electron chi connectivity index (χ1n) is 5.75. The summed E-state index contributed by atoms with van der Waals surface area (Å²) in [6.45, 7) is 0. The van der Waals surface area contributed by atoms with Crippen LogP contribution in [-0.2, 0) is 6.42 Å². The molecular weight excluding hydrogens is 320 g/mol. The van der Waals surface area contributed by atoms with E-state index in [1.807, 2.05) is 0 Å². The molecule has 2 atom stereocenters. The summed E-state index contributed by atoms with van der Waals surface area (Å²) in [7, 11) is 0. The molecule has 2 rings (SSSR count). The van der Waals surface area contributed by atoms with Crippen LogP contribution in [0.25, 0.3) is 0 Å². The number of thioether (sulfide) groups is 1. The van der Waals surface area contributed by atoms with Crippen LogP contribution in [0.5, 0.6) is 0 Å². The van der Waals surface area contributed by atoms with Crippen LogP contribution in [0.3, 0.4) is 0 Å². The lowest BCUT2D eigenvalue weighted by molar-refractivity contribution is -0.546. The van der Waals surface area contributed by atoms with Crippen LogP contribution >= 0.6 is 24.4 Å². The van der Waals surface area contributed by atoms with Gasteiger partial charge in [0.2, 0.25) is 6.04 Å². The molecule has 0 bridgehead atoms. The molecule has 112 valence electrons. The number of amides is 1. The largest absolute Gasteiger partial charge is 0.364 e. The van der Waals surface area contributed by atoms with E-state index in [9.17, 15) is 25.0 Å². The lowest BCUT2D eigenvalue weighted by Crippen LogP contribution is -2.28. The van der Waals surface area contributed by atoms with Gasteiger partial charge in [-0.15, -0.1) is 12.6 Å². The van der Waals surface area contributed by atoms with Crippen molar-refractivity contribution in [1.82, 2.24) is 4.98 Å². The third kappa shape index (κ3) is 3.08. The van der Waals surface area contributed by atoms with Gasteiger partial charge in [0.1, 0.15) is 5.69 Å². The number of hydrogen-bond acceptors (Lipinski definition) is 8. The first-order chi connectivity index (χ1) is 9.81. The van der Waals surface area contributed by atoms with Crippen LogP contribution in [0.15, 0.2) is 16.0 Å². The summed E-state index contributed by atoms with van der Waals surface area (Å²) >= 11 is 4.99. The fraction of sp³-hybridized carbons (Fsp3) is 0.400. The van der Waals surface area contributed by atoms with E-state index in [0.717, 1.165) is 11.8 Å². The summed E-state index contributed by atoms with van der Waals surface area (Å²) in [6, 6.07) is -1.08. The molecule has 0 saturated heterocycles. The number of fused-ring (bicyclic) bond motifs is 1. The average molecular weight is 330 g/mol. The maximum absolute atomic E-state index is 11.2. The molecule has 1 amide bonds. The number of nitrogens with zero attached hydrogens (tertiary/aromatic N) is 3. The SMILES string of the molecule is NC(=O)c1ncc2c(c1S)SC([N+](=O)[O-])CC([N+](=O)[O-])C2. The Labute approximate surface area is 128 Å². The molecule has 0 aromatic carbocycles. The molecule has 1 aliphatic rings. The van der Waals surface area contributed by atoms with Gasteiger partial charge in [0.05, 0.1) is 6.42 Å². The molecule has 0 spiro atoms. The van der Waals surface area contributed by atoms with E-state index < -0.39 is 27.2 Å². The Bertz CT molecular complexity index is 638. The number of nitrogens with two attached hydrogens (primary N) is 1. The topological polar surface area (TPSA) is 142 Å². The Morgan fingerprint density at radius 2 is 2.10 bits per heavy atom. The van der Waals surface area contributed by atoms with Crippen molar-refractivity contribution in [3.63, 3.8) is 0 Å². The van der Waals surface area contributed by atoms with E-state index in [2.05, 4.69) is 17.6 Å². The minimum Gasteiger partial charge on any atom is -0.364 e. The summed E-state index contributed by atoms with van der Waals surface area (Å²) in [5.41, 5.74) is 5.51. The fourth-order valence-corrected chi connectivity index (χ4v) is 3.66. The number of aromatic nitrogens is 1. The molecule has 1 aromatic rings. The quantitative estimate of drug-likeness (QED) is 0.473. The second-order valence-electron chi connectivity index (χ2n) is 4.41. The predicted molar refractivity (Wildman–Crippen MR) is 75.7 cm³/mol. The molecule has 0 radical (unpaired) electrons. The number of hydrogen-bond donors (Lipinski definition) is 2. The van der Waals surface area contributed by atoms with E-state index >= 15 is 0 Å². The number of pyridine rings is 1. The van der Waals surface area contributed by atoms with Crippen LogP contribution in [-0.4, -0.2) is 32.2 Å². The molecule has 1 aliphatic heterocycles. The van der Waals surface area contributed by atoms with Crippen molar-refractivity contribution in [2.45, 2.75) is 34.0 Å². The van der Waals surface area contributed by atoms with E-state index in [1.165, 1.54) is 6.20 Å². The molecule has 2 N–H and O–H groups in total. The molecule has 1 aromatic heterocycles. The zero-order valence-electron chi connectivity index (χ0n) is 10.5. The zero-order valence-corrected chi connectivity index (χ0v) is 12.2. The van der Waals surface area contributed by atoms with Crippen molar-refractivity contribution in [3.8, 4) is 0 Å². The molecule has 21 heavy (non-hydrogen) atoms. The molecule has 2 heterocycles. The summed E-state index contributed by atoms with van der Waals surface area (Å²) in [5.74, 6) is -0.809. The van der Waals surface area contributed by atoms with Crippen molar-refractivity contribution in [2.24, 2.45) is 5.73 Å². The van der Waals surface area contributed by atoms with E-state index in [4.69, 9.17) is 5.73 Å². The van der Waals surface area contributed by atoms with Crippen molar-refractivity contribution in [3.05, 3.63) is 37.7 Å². The second kappa shape index (κ2) is 5.85. The Hall–Kier alpha value is -1.88. The molecule has 2 unspecified atom stereocenters. The van der Waals surface area contributed by atoms with Crippen LogP contribution in [0.4, 0.5) is 0 Å². The standard InChI is InChI=1S/C10H10N4O5S2/c11-10(15)7-8(20)9-4(3-12-7)1-5(13(16)17)2-6(21-9)14(18)19/h3,5-6,20H,1-2H2,(H2,11,15). The van der Waals surface area contributed by atoms with Gasteiger partial charge in [0.25, 0.3) is 11.3 Å². The van der Waals surface area contributed by atoms with Crippen LogP contribution in [0.2, 0.25) is 0 Å². The summed E-state index contributed by atoms with van der Waals surface area (Å²) in [5, 5.41) is 20.9. The molecule has 0 saturated carbocycles. The lowest BCUT2D eigenvalue weighted by atomic mass is 10.1. The number of primary amides is 1. The maximum Gasteiger partial charge on any atom is 0.269 e. The van der Waals surface area contributed by atoms with Gasteiger partial charge in [-0.3, -0.25) is 25.0 Å². The van der Waals surface area contributed by atoms with Crippen LogP contribution in [0.1, 0.15) is 22.5 Å². The van der Waals surface area contributed by atoms with Gasteiger partial charge in [0, 0.05) is 32.3 Å². The summed E-state index contributed by atoms with van der Waals surface area (Å²) < 4.78 is 0. The highest BCUT2D eigenvalue weighted by Crippen LogP contribution is 2.39. The molecule has 0 fully saturated rings. The summed E-state index contributed by atoms with van der Waals surface area (Å²) in [6.07, 6.45) is 1.08. The molecule has 9 nitrogen and oxygen atoms in total. The maximum atomic E-state index is 11.2. The first kappa shape index (κ1) is 15.5. The second-order valence-corrected chi connectivity index (χ2v) is 6.05. The van der Waals surface area contributed by atoms with E-state index in [1.54, 1.807) is 0 Å². The van der Waals surface area contributed by atoms with Crippen molar-refractivity contribution < 1.29 is 14.6 Å². The third-order valence-electron chi connectivity index (χ3n) is 3.03. The fourth-order valence-electron chi connectivity index (χ4n) is 2.02. The van der Waals surface area contributed by atoms with Gasteiger partial charge in [-0.25, -0.2) is 4.98 Å². The number of thiol groups is 1. The Kier molecular flexibility index (Phi) is 4.32. The van der Waals surface area contributed by atoms with Gasteiger partial charge in [0.15, 0.2) is 0 Å². The number of rotatable bonds is 3. The number of nitro groups is 2. The Morgan fingerprint density at radius 1 is 1.43 bits per heavy atom. The minimum absolute atomic E-state index is 0.000719. The Morgan fingerprint density at radius 3 is 2.62 bits per heavy atom. The van der Waals surface area contributed by atoms with Gasteiger partial charge in [-0.2, -0.15) is 0 Å². The van der Waals surface area contributed by atoms with Crippen molar-refractivity contribution >= 4 is 30.3 Å². The van der Waals surface area contributed by atoms with Gasteiger partial charge in [-0.1, -0.05) is 0 Å². The van der Waals surface area contributed by atoms with Gasteiger partial charge < -0.3 is 5.73 Å². The van der Waals surface area contributed by atoms with E-state index in [-0.39, 0.29) is 23.4 Å². The van der Waals surface area contributed by atoms with Crippen molar-refractivity contribution in [1.29, 1.82) is 0 Å². The third-order valence-corrected chi connectivity index (χ3v) is 4.96. The smallest absolute Gasteiger partial charge is 0.269 e. The zero-order chi connectivity index (χ0) is 15.7. The number of carbonyl (C=O) groups is 1. The van der Waals surface area contributed by atoms with Crippen LogP contribution < -0.4 is 5.73 Å². The highest BCUT2D eigenvalue weighted by atomic mass is 32.2. The first-order valence-corrected chi connectivity index (χ1v) is 7.08. The molecule has 0 aliphatic carbocycles. The van der Waals surface area contributed by atoms with Gasteiger partial charge in [-0.05, 0) is 17.3 Å². The van der Waals surface area contributed by atoms with E-state index in [0.29, 0.717) is 10.5 Å². The molecular formula is C10H10N4O5S2. The average Bonchev–Trinajstić information content (AvgIpc) is 2.58. The predicted octanol–water partition coefficient (Wildman–Crippen LogP) is 0.756. The highest BCUT2D eigenvalue weighted by molar-refractivity contribution is 8.00. The molecule has 11 heteroatoms. The Balaban J connectivity index is 2.53. The highest BCUT2D eigenvalue weighted by Gasteiger charge is 2.38. The monoisotopic (exact) mass is 330 g/mol. The minimum atomic E-state index is -1.18.